The van der Waals surface area contributed by atoms with Gasteiger partial charge in [-0.2, -0.15) is 0 Å². The van der Waals surface area contributed by atoms with Gasteiger partial charge >= 0.3 is 0 Å². The summed E-state index contributed by atoms with van der Waals surface area (Å²) < 4.78 is 0. The van der Waals surface area contributed by atoms with Crippen LogP contribution in [0, 0.1) is 10.1 Å². The lowest BCUT2D eigenvalue weighted by Gasteiger charge is -2.25. The number of nitrogens with one attached hydrogen (secondary N) is 1. The molecule has 1 aliphatic heterocycles. The Bertz CT molecular complexity index is 1330. The number of non-ortho nitro benzene ring substituents is 1. The molecule has 34 heavy (non-hydrogen) atoms. The highest BCUT2D eigenvalue weighted by Crippen LogP contribution is 2.43. The predicted molar refractivity (Wildman–Crippen MR) is 125 cm³/mol. The van der Waals surface area contributed by atoms with Crippen LogP contribution in [0.1, 0.15) is 24.1 Å². The Balaban J connectivity index is 1.90. The monoisotopic (exact) mass is 457 g/mol. The van der Waals surface area contributed by atoms with E-state index in [1.165, 1.54) is 30.0 Å². The van der Waals surface area contributed by atoms with E-state index in [-0.39, 0.29) is 28.5 Å². The number of aliphatic hydroxyl groups is 1. The molecule has 170 valence electrons. The van der Waals surface area contributed by atoms with Crippen molar-refractivity contribution in [1.82, 2.24) is 0 Å². The molecular weight excluding hydrogens is 438 g/mol. The highest BCUT2D eigenvalue weighted by molar-refractivity contribution is 6.51. The van der Waals surface area contributed by atoms with Crippen LogP contribution in [0.5, 0.6) is 0 Å². The normalized spacial score (nSPS) is 17.0. The number of anilines is 2. The molecule has 0 spiro atoms. The molecule has 0 aliphatic carbocycles. The quantitative estimate of drug-likeness (QED) is 0.194. The molecule has 2 amide bonds. The summed E-state index contributed by atoms with van der Waals surface area (Å²) >= 11 is 0. The molecule has 0 unspecified atom stereocenters. The van der Waals surface area contributed by atoms with Crippen molar-refractivity contribution in [3.05, 3.63) is 106 Å². The molecule has 3 aromatic rings. The number of hydrogen-bond acceptors (Lipinski definition) is 6. The van der Waals surface area contributed by atoms with E-state index in [0.717, 1.165) is 0 Å². The van der Waals surface area contributed by atoms with Gasteiger partial charge in [0.2, 0.25) is 5.91 Å². The van der Waals surface area contributed by atoms with E-state index in [9.17, 15) is 29.6 Å². The zero-order valence-corrected chi connectivity index (χ0v) is 18.0. The Morgan fingerprint density at radius 2 is 1.68 bits per heavy atom. The fraction of sp³-hybridized carbons (Fsp3) is 0.0800. The van der Waals surface area contributed by atoms with Crippen LogP contribution in [0.2, 0.25) is 0 Å². The first-order valence-electron chi connectivity index (χ1n) is 10.3. The Labute approximate surface area is 194 Å². The minimum Gasteiger partial charge on any atom is -0.507 e. The molecule has 4 rings (SSSR count). The van der Waals surface area contributed by atoms with E-state index >= 15 is 0 Å². The van der Waals surface area contributed by atoms with Crippen LogP contribution in [-0.2, 0) is 14.4 Å². The molecule has 1 heterocycles. The van der Waals surface area contributed by atoms with E-state index in [1.807, 2.05) is 0 Å². The van der Waals surface area contributed by atoms with Gasteiger partial charge in [0, 0.05) is 36.0 Å². The number of ketones is 1. The molecule has 9 heteroatoms. The second kappa shape index (κ2) is 8.99. The number of nitro benzene ring substituents is 1. The standard InChI is InChI=1S/C25H19N3O6/c1-15(29)26-18-10-12-19(13-11-18)27-22(17-8-5-9-20(14-17)28(33)34)21(24(31)25(27)32)23(30)16-6-3-2-4-7-16/h2-14,22,30H,1H3,(H,26,29)/b23-21+/t22-/m0/s1. The van der Waals surface area contributed by atoms with E-state index in [1.54, 1.807) is 60.7 Å². The number of hydrogen-bond donors (Lipinski definition) is 2. The average Bonchev–Trinajstić information content (AvgIpc) is 3.10. The third-order valence-corrected chi connectivity index (χ3v) is 5.35. The summed E-state index contributed by atoms with van der Waals surface area (Å²) in [7, 11) is 0. The highest BCUT2D eigenvalue weighted by atomic mass is 16.6. The first-order chi connectivity index (χ1) is 16.3. The number of amides is 2. The van der Waals surface area contributed by atoms with E-state index < -0.39 is 22.7 Å². The molecule has 3 aromatic carbocycles. The van der Waals surface area contributed by atoms with Crippen molar-refractivity contribution >= 4 is 40.4 Å². The third kappa shape index (κ3) is 4.14. The molecule has 9 nitrogen and oxygen atoms in total. The minimum absolute atomic E-state index is 0.178. The van der Waals surface area contributed by atoms with Crippen LogP contribution in [0.4, 0.5) is 17.1 Å². The van der Waals surface area contributed by atoms with Crippen LogP contribution < -0.4 is 10.2 Å². The maximum atomic E-state index is 13.1. The number of nitro groups is 1. The second-order valence-electron chi connectivity index (χ2n) is 7.62. The van der Waals surface area contributed by atoms with Gasteiger partial charge in [0.1, 0.15) is 5.76 Å². The SMILES string of the molecule is CC(=O)Nc1ccc(N2C(=O)C(=O)/C(=C(/O)c3ccccc3)[C@@H]2c2cccc([N+](=O)[O-])c2)cc1. The Hall–Kier alpha value is -4.79. The zero-order chi connectivity index (χ0) is 24.4. The van der Waals surface area contributed by atoms with Gasteiger partial charge in [-0.25, -0.2) is 0 Å². The summed E-state index contributed by atoms with van der Waals surface area (Å²) in [6.45, 7) is 1.36. The lowest BCUT2D eigenvalue weighted by Crippen LogP contribution is -2.29. The molecule has 1 fully saturated rings. The van der Waals surface area contributed by atoms with Gasteiger partial charge in [0.15, 0.2) is 0 Å². The van der Waals surface area contributed by atoms with E-state index in [4.69, 9.17) is 0 Å². The summed E-state index contributed by atoms with van der Waals surface area (Å²) in [6, 6.07) is 19.0. The minimum atomic E-state index is -1.10. The topological polar surface area (TPSA) is 130 Å². The Morgan fingerprint density at radius 3 is 2.29 bits per heavy atom. The van der Waals surface area contributed by atoms with Crippen molar-refractivity contribution < 1.29 is 24.4 Å². The fourth-order valence-corrected chi connectivity index (χ4v) is 3.88. The molecule has 1 saturated heterocycles. The van der Waals surface area contributed by atoms with Gasteiger partial charge in [-0.05, 0) is 29.8 Å². The first kappa shape index (κ1) is 22.4. The van der Waals surface area contributed by atoms with Crippen LogP contribution in [0.25, 0.3) is 5.76 Å². The van der Waals surface area contributed by atoms with Crippen LogP contribution >= 0.6 is 0 Å². The molecule has 0 saturated carbocycles. The first-order valence-corrected chi connectivity index (χ1v) is 10.3. The molecule has 1 aliphatic rings. The number of carbonyl (C=O) groups is 3. The Kier molecular flexibility index (Phi) is 5.92. The number of aliphatic hydroxyl groups excluding tert-OH is 1. The maximum absolute atomic E-state index is 13.1. The average molecular weight is 457 g/mol. The lowest BCUT2D eigenvalue weighted by molar-refractivity contribution is -0.384. The smallest absolute Gasteiger partial charge is 0.300 e. The van der Waals surface area contributed by atoms with Crippen molar-refractivity contribution in [2.75, 3.05) is 10.2 Å². The Morgan fingerprint density at radius 1 is 1.00 bits per heavy atom. The van der Waals surface area contributed by atoms with E-state index in [2.05, 4.69) is 5.32 Å². The fourth-order valence-electron chi connectivity index (χ4n) is 3.88. The molecule has 1 atom stereocenters. The largest absolute Gasteiger partial charge is 0.507 e. The van der Waals surface area contributed by atoms with Crippen molar-refractivity contribution in [1.29, 1.82) is 0 Å². The summed E-state index contributed by atoms with van der Waals surface area (Å²) in [5, 5.41) is 25.0. The number of benzene rings is 3. The lowest BCUT2D eigenvalue weighted by atomic mass is 9.95. The molecule has 0 radical (unpaired) electrons. The van der Waals surface area contributed by atoms with Crippen molar-refractivity contribution in [2.45, 2.75) is 13.0 Å². The number of rotatable bonds is 5. The number of carbonyl (C=O) groups excluding carboxylic acids is 3. The van der Waals surface area contributed by atoms with Crippen LogP contribution in [0.3, 0.4) is 0 Å². The highest BCUT2D eigenvalue weighted by Gasteiger charge is 2.47. The number of Topliss-reactive ketones (excluding diaryl/α,β-unsaturated/α-hetero) is 1. The second-order valence-corrected chi connectivity index (χ2v) is 7.62. The zero-order valence-electron chi connectivity index (χ0n) is 18.0. The van der Waals surface area contributed by atoms with Gasteiger partial charge in [0.05, 0.1) is 16.5 Å². The van der Waals surface area contributed by atoms with Gasteiger partial charge in [-0.1, -0.05) is 42.5 Å². The van der Waals surface area contributed by atoms with Gasteiger partial charge in [-0.3, -0.25) is 29.4 Å². The van der Waals surface area contributed by atoms with Gasteiger partial charge in [-0.15, -0.1) is 0 Å². The molecule has 2 N–H and O–H groups in total. The predicted octanol–water partition coefficient (Wildman–Crippen LogP) is 4.18. The third-order valence-electron chi connectivity index (χ3n) is 5.35. The molecular formula is C25H19N3O6. The van der Waals surface area contributed by atoms with Crippen molar-refractivity contribution in [2.24, 2.45) is 0 Å². The van der Waals surface area contributed by atoms with Crippen LogP contribution in [-0.4, -0.2) is 27.6 Å². The summed E-state index contributed by atoms with van der Waals surface area (Å²) in [5.41, 5.74) is 1.03. The van der Waals surface area contributed by atoms with Gasteiger partial charge in [0.25, 0.3) is 17.4 Å². The van der Waals surface area contributed by atoms with Crippen molar-refractivity contribution in [3.8, 4) is 0 Å². The van der Waals surface area contributed by atoms with Gasteiger partial charge < -0.3 is 10.4 Å². The van der Waals surface area contributed by atoms with Crippen LogP contribution in [0.15, 0.2) is 84.4 Å². The van der Waals surface area contributed by atoms with Crippen molar-refractivity contribution in [3.63, 3.8) is 0 Å². The molecule has 0 aromatic heterocycles. The number of nitrogens with zero attached hydrogens (tertiary/aromatic N) is 2. The summed E-state index contributed by atoms with van der Waals surface area (Å²) in [6.07, 6.45) is 0. The summed E-state index contributed by atoms with van der Waals surface area (Å²) in [5.74, 6) is -2.45. The summed E-state index contributed by atoms with van der Waals surface area (Å²) in [4.78, 5) is 49.6. The van der Waals surface area contributed by atoms with E-state index in [0.29, 0.717) is 16.9 Å². The molecule has 0 bridgehead atoms. The maximum Gasteiger partial charge on any atom is 0.300 e.